The van der Waals surface area contributed by atoms with Gasteiger partial charge < -0.3 is 42.7 Å². The molecule has 10 N–H and O–H groups in total. The van der Waals surface area contributed by atoms with Crippen LogP contribution in [0.4, 0.5) is 0 Å². The van der Waals surface area contributed by atoms with Crippen LogP contribution in [0.25, 0.3) is 0 Å². The third-order valence-corrected chi connectivity index (χ3v) is 3.59. The Hall–Kier alpha value is -2.77. The van der Waals surface area contributed by atoms with Crippen molar-refractivity contribution in [3.05, 3.63) is 0 Å². The summed E-state index contributed by atoms with van der Waals surface area (Å²) < 4.78 is 0. The van der Waals surface area contributed by atoms with E-state index in [1.165, 1.54) is 0 Å². The monoisotopic (exact) mass is 405 g/mol. The Labute approximate surface area is 160 Å². The molecular formula is C15H27N5O8. The van der Waals surface area contributed by atoms with Crippen molar-refractivity contribution in [3.8, 4) is 0 Å². The predicted octanol–water partition coefficient (Wildman–Crippen LogP) is -3.92. The molecule has 0 rings (SSSR count). The molecule has 0 aliphatic carbocycles. The van der Waals surface area contributed by atoms with Gasteiger partial charge in [0.1, 0.15) is 18.1 Å². The Morgan fingerprint density at radius 1 is 0.821 bits per heavy atom. The Bertz CT molecular complexity index is 571. The fourth-order valence-corrected chi connectivity index (χ4v) is 2.13. The van der Waals surface area contributed by atoms with Crippen LogP contribution < -0.4 is 27.4 Å². The minimum atomic E-state index is -1.74. The molecular weight excluding hydrogens is 378 g/mol. The third kappa shape index (κ3) is 9.80. The number of carboxylic acid groups (broad SMARTS) is 2. The Morgan fingerprint density at radius 3 is 1.86 bits per heavy atom. The van der Waals surface area contributed by atoms with Crippen LogP contribution in [0.3, 0.4) is 0 Å². The van der Waals surface area contributed by atoms with Gasteiger partial charge in [-0.2, -0.15) is 0 Å². The van der Waals surface area contributed by atoms with E-state index in [1.807, 2.05) is 5.32 Å². The maximum atomic E-state index is 12.4. The number of carbonyl (C=O) groups is 5. The van der Waals surface area contributed by atoms with Gasteiger partial charge in [-0.1, -0.05) is 0 Å². The fraction of sp³-hybridized carbons (Fsp3) is 0.667. The lowest BCUT2D eigenvalue weighted by Gasteiger charge is -2.23. The topological polar surface area (TPSA) is 234 Å². The molecule has 0 aromatic rings. The summed E-state index contributed by atoms with van der Waals surface area (Å²) in [6.45, 7) is -0.863. The summed E-state index contributed by atoms with van der Waals surface area (Å²) in [6.07, 6.45) is 0.392. The molecule has 13 nitrogen and oxygen atoms in total. The number of hydrogen-bond acceptors (Lipinski definition) is 8. The lowest BCUT2D eigenvalue weighted by atomic mass is 10.1. The lowest BCUT2D eigenvalue weighted by molar-refractivity contribution is -0.147. The van der Waals surface area contributed by atoms with E-state index in [1.54, 1.807) is 0 Å². The van der Waals surface area contributed by atoms with E-state index in [0.717, 1.165) is 0 Å². The highest BCUT2D eigenvalue weighted by Gasteiger charge is 2.29. The molecule has 3 unspecified atom stereocenters. The molecule has 0 heterocycles. The molecule has 0 aliphatic heterocycles. The van der Waals surface area contributed by atoms with Crippen molar-refractivity contribution >= 4 is 29.7 Å². The number of aliphatic hydroxyl groups excluding tert-OH is 1. The molecule has 0 bridgehead atoms. The summed E-state index contributed by atoms with van der Waals surface area (Å²) in [4.78, 5) is 57.6. The predicted molar refractivity (Wildman–Crippen MR) is 94.7 cm³/mol. The number of carbonyl (C=O) groups excluding carboxylic acids is 3. The van der Waals surface area contributed by atoms with Crippen LogP contribution in [0.1, 0.15) is 25.7 Å². The van der Waals surface area contributed by atoms with Gasteiger partial charge in [0.05, 0.1) is 19.6 Å². The number of aliphatic hydroxyl groups is 1. The maximum absolute atomic E-state index is 12.4. The van der Waals surface area contributed by atoms with Gasteiger partial charge in [0.15, 0.2) is 0 Å². The number of carboxylic acids is 2. The second-order valence-electron chi connectivity index (χ2n) is 5.85. The molecule has 0 aromatic carbocycles. The number of aliphatic carboxylic acids is 2. The number of rotatable bonds is 14. The molecule has 13 heteroatoms. The highest BCUT2D eigenvalue weighted by molar-refractivity contribution is 5.94. The van der Waals surface area contributed by atoms with Crippen LogP contribution in [-0.2, 0) is 24.0 Å². The van der Waals surface area contributed by atoms with Gasteiger partial charge in [-0.25, -0.2) is 4.79 Å². The van der Waals surface area contributed by atoms with Gasteiger partial charge in [-0.05, 0) is 25.8 Å². The van der Waals surface area contributed by atoms with Gasteiger partial charge in [0.2, 0.25) is 17.7 Å². The zero-order valence-corrected chi connectivity index (χ0v) is 15.2. The summed E-state index contributed by atoms with van der Waals surface area (Å²) in [7, 11) is 0. The van der Waals surface area contributed by atoms with Crippen LogP contribution >= 0.6 is 0 Å². The molecule has 28 heavy (non-hydrogen) atoms. The highest BCUT2D eigenvalue weighted by atomic mass is 16.4. The third-order valence-electron chi connectivity index (χ3n) is 3.59. The van der Waals surface area contributed by atoms with E-state index in [-0.39, 0.29) is 13.0 Å². The minimum Gasteiger partial charge on any atom is -0.481 e. The van der Waals surface area contributed by atoms with Crippen molar-refractivity contribution in [1.82, 2.24) is 16.0 Å². The highest BCUT2D eigenvalue weighted by Crippen LogP contribution is 2.02. The van der Waals surface area contributed by atoms with Crippen LogP contribution in [0.2, 0.25) is 0 Å². The van der Waals surface area contributed by atoms with Crippen molar-refractivity contribution < 1.29 is 39.3 Å². The summed E-state index contributed by atoms with van der Waals surface area (Å²) in [5, 5.41) is 33.5. The summed E-state index contributed by atoms with van der Waals surface area (Å²) in [5.74, 6) is -5.53. The standard InChI is InChI=1S/C15H27N5O8/c16-4-2-1-3-8(18-11(22)6-17)13(25)20-10(7-21)14(26)19-9(15(27)28)5-12(23)24/h8-10,21H,1-7,16-17H2,(H,18,22)(H,19,26)(H,20,25)(H,23,24)(H,27,28). The molecule has 160 valence electrons. The average Bonchev–Trinajstić information content (AvgIpc) is 2.63. The average molecular weight is 405 g/mol. The first-order chi connectivity index (χ1) is 13.2. The van der Waals surface area contributed by atoms with E-state index >= 15 is 0 Å². The van der Waals surface area contributed by atoms with Gasteiger partial charge in [0.25, 0.3) is 0 Å². The molecule has 0 spiro atoms. The lowest BCUT2D eigenvalue weighted by Crippen LogP contribution is -2.57. The van der Waals surface area contributed by atoms with E-state index in [9.17, 15) is 29.1 Å². The minimum absolute atomic E-state index is 0.200. The van der Waals surface area contributed by atoms with Gasteiger partial charge in [0, 0.05) is 0 Å². The van der Waals surface area contributed by atoms with E-state index in [4.69, 9.17) is 21.7 Å². The van der Waals surface area contributed by atoms with E-state index in [2.05, 4.69) is 10.6 Å². The second-order valence-corrected chi connectivity index (χ2v) is 5.85. The van der Waals surface area contributed by atoms with Crippen molar-refractivity contribution in [3.63, 3.8) is 0 Å². The largest absolute Gasteiger partial charge is 0.481 e. The zero-order valence-electron chi connectivity index (χ0n) is 15.2. The molecule has 0 saturated carbocycles. The van der Waals surface area contributed by atoms with Gasteiger partial charge in [-0.15, -0.1) is 0 Å². The first kappa shape index (κ1) is 25.2. The number of hydrogen-bond donors (Lipinski definition) is 8. The molecule has 0 radical (unpaired) electrons. The number of nitrogens with two attached hydrogens (primary N) is 2. The van der Waals surface area contributed by atoms with Crippen molar-refractivity contribution in [2.45, 2.75) is 43.8 Å². The zero-order chi connectivity index (χ0) is 21.7. The van der Waals surface area contributed by atoms with E-state index in [0.29, 0.717) is 19.4 Å². The summed E-state index contributed by atoms with van der Waals surface area (Å²) in [6, 6.07) is -4.33. The molecule has 0 fully saturated rings. The van der Waals surface area contributed by atoms with Crippen LogP contribution in [-0.4, -0.2) is 82.8 Å². The van der Waals surface area contributed by atoms with Crippen molar-refractivity contribution in [1.29, 1.82) is 0 Å². The van der Waals surface area contributed by atoms with Crippen LogP contribution in [0.5, 0.6) is 0 Å². The number of unbranched alkanes of at least 4 members (excludes halogenated alkanes) is 1. The van der Waals surface area contributed by atoms with Gasteiger partial charge >= 0.3 is 11.9 Å². The van der Waals surface area contributed by atoms with Crippen LogP contribution in [0.15, 0.2) is 0 Å². The smallest absolute Gasteiger partial charge is 0.326 e. The Kier molecular flexibility index (Phi) is 12.1. The number of amides is 3. The van der Waals surface area contributed by atoms with Crippen molar-refractivity contribution in [2.75, 3.05) is 19.7 Å². The molecule has 3 atom stereocenters. The normalized spacial score (nSPS) is 13.7. The second kappa shape index (κ2) is 13.4. The quantitative estimate of drug-likeness (QED) is 0.131. The van der Waals surface area contributed by atoms with Crippen molar-refractivity contribution in [2.24, 2.45) is 11.5 Å². The SMILES string of the molecule is NCCCCC(NC(=O)CN)C(=O)NC(CO)C(=O)NC(CC(=O)O)C(=O)O. The fourth-order valence-electron chi connectivity index (χ4n) is 2.13. The first-order valence-corrected chi connectivity index (χ1v) is 8.51. The Morgan fingerprint density at radius 2 is 1.39 bits per heavy atom. The Balaban J connectivity index is 5.05. The maximum Gasteiger partial charge on any atom is 0.326 e. The molecule has 0 aromatic heterocycles. The molecule has 0 aliphatic rings. The molecule has 3 amide bonds. The van der Waals surface area contributed by atoms with Crippen LogP contribution in [0, 0.1) is 0 Å². The van der Waals surface area contributed by atoms with Gasteiger partial charge in [-0.3, -0.25) is 19.2 Å². The number of nitrogens with one attached hydrogen (secondary N) is 3. The summed E-state index contributed by atoms with van der Waals surface area (Å²) in [5.41, 5.74) is 10.6. The first-order valence-electron chi connectivity index (χ1n) is 8.51. The summed E-state index contributed by atoms with van der Waals surface area (Å²) >= 11 is 0. The van der Waals surface area contributed by atoms with E-state index < -0.39 is 60.8 Å². The molecule has 0 saturated heterocycles.